The van der Waals surface area contributed by atoms with Gasteiger partial charge in [0.2, 0.25) is 0 Å². The van der Waals surface area contributed by atoms with Crippen molar-refractivity contribution >= 4 is 23.4 Å². The van der Waals surface area contributed by atoms with Crippen LogP contribution in [-0.2, 0) is 0 Å². The summed E-state index contributed by atoms with van der Waals surface area (Å²) in [5.41, 5.74) is 0.697. The molecule has 0 saturated carbocycles. The first kappa shape index (κ1) is 9.07. The lowest BCUT2D eigenvalue weighted by atomic mass is 10.0. The van der Waals surface area contributed by atoms with E-state index >= 15 is 0 Å². The Labute approximate surface area is 77.4 Å². The van der Waals surface area contributed by atoms with Crippen molar-refractivity contribution in [2.75, 3.05) is 0 Å². The summed E-state index contributed by atoms with van der Waals surface area (Å²) >= 11 is 4.58. The Kier molecular flexibility index (Phi) is 3.11. The third-order valence-corrected chi connectivity index (χ3v) is 1.98. The van der Waals surface area contributed by atoms with Gasteiger partial charge >= 0.3 is 0 Å². The number of hydrogen-bond acceptors (Lipinski definition) is 2. The van der Waals surface area contributed by atoms with E-state index in [2.05, 4.69) is 17.6 Å². The SMILES string of the molecule is CC([C]=S)C(=O)c1ccccc1. The molecule has 1 aromatic carbocycles. The van der Waals surface area contributed by atoms with E-state index in [4.69, 9.17) is 0 Å². The summed E-state index contributed by atoms with van der Waals surface area (Å²) in [5.74, 6) is -0.256. The minimum Gasteiger partial charge on any atom is -0.293 e. The molecule has 0 aliphatic heterocycles. The number of benzene rings is 1. The van der Waals surface area contributed by atoms with Crippen LogP contribution in [0.2, 0.25) is 0 Å². The van der Waals surface area contributed by atoms with Gasteiger partial charge in [0.15, 0.2) is 5.78 Å². The van der Waals surface area contributed by atoms with Crippen molar-refractivity contribution in [3.8, 4) is 0 Å². The minimum atomic E-state index is -0.289. The van der Waals surface area contributed by atoms with Crippen molar-refractivity contribution in [2.45, 2.75) is 6.92 Å². The van der Waals surface area contributed by atoms with Gasteiger partial charge in [0, 0.05) is 10.9 Å². The van der Waals surface area contributed by atoms with Crippen molar-refractivity contribution in [3.05, 3.63) is 35.9 Å². The topological polar surface area (TPSA) is 17.1 Å². The van der Waals surface area contributed by atoms with E-state index in [0.29, 0.717) is 5.56 Å². The van der Waals surface area contributed by atoms with Crippen molar-refractivity contribution in [1.29, 1.82) is 0 Å². The molecule has 1 aromatic rings. The van der Waals surface area contributed by atoms with Gasteiger partial charge in [-0.2, -0.15) is 0 Å². The van der Waals surface area contributed by atoms with E-state index in [-0.39, 0.29) is 11.7 Å². The van der Waals surface area contributed by atoms with Crippen LogP contribution in [0.3, 0.4) is 0 Å². The second kappa shape index (κ2) is 4.12. The van der Waals surface area contributed by atoms with Crippen LogP contribution in [0.5, 0.6) is 0 Å². The van der Waals surface area contributed by atoms with E-state index in [1.807, 2.05) is 18.2 Å². The van der Waals surface area contributed by atoms with Crippen LogP contribution in [0.1, 0.15) is 17.3 Å². The predicted octanol–water partition coefficient (Wildman–Crippen LogP) is 2.38. The van der Waals surface area contributed by atoms with Gasteiger partial charge in [-0.3, -0.25) is 4.79 Å². The van der Waals surface area contributed by atoms with Crippen LogP contribution >= 0.6 is 12.2 Å². The molecule has 0 saturated heterocycles. The monoisotopic (exact) mass is 177 g/mol. The molecule has 0 spiro atoms. The summed E-state index contributed by atoms with van der Waals surface area (Å²) in [7, 11) is 0. The molecule has 61 valence electrons. The molecule has 1 nitrogen and oxygen atoms in total. The van der Waals surface area contributed by atoms with Gasteiger partial charge in [-0.25, -0.2) is 0 Å². The first-order valence-corrected chi connectivity index (χ1v) is 4.13. The second-order valence-corrected chi connectivity index (χ2v) is 2.81. The Hall–Kier alpha value is -1.02. The first-order chi connectivity index (χ1) is 5.75. The Balaban J connectivity index is 2.85. The number of Topliss-reactive ketones (excluding diaryl/α,β-unsaturated/α-hetero) is 1. The molecule has 0 amide bonds. The molecule has 0 aliphatic carbocycles. The first-order valence-electron chi connectivity index (χ1n) is 3.72. The van der Waals surface area contributed by atoms with Gasteiger partial charge in [0.1, 0.15) is 0 Å². The number of thiocarbonyl (C=S) groups is 1. The highest BCUT2D eigenvalue weighted by molar-refractivity contribution is 7.79. The molecule has 1 rings (SSSR count). The Morgan fingerprint density at radius 2 is 2.00 bits per heavy atom. The Morgan fingerprint density at radius 1 is 1.42 bits per heavy atom. The number of carbonyl (C=O) groups is 1. The summed E-state index contributed by atoms with van der Waals surface area (Å²) in [4.78, 5) is 11.4. The van der Waals surface area contributed by atoms with Crippen LogP contribution in [-0.4, -0.2) is 11.2 Å². The maximum absolute atomic E-state index is 11.4. The van der Waals surface area contributed by atoms with Crippen LogP contribution in [0.15, 0.2) is 30.3 Å². The van der Waals surface area contributed by atoms with E-state index in [9.17, 15) is 4.79 Å². The van der Waals surface area contributed by atoms with Crippen LogP contribution < -0.4 is 0 Å². The fraction of sp³-hybridized carbons (Fsp3) is 0.200. The molecular weight excluding hydrogens is 168 g/mol. The van der Waals surface area contributed by atoms with Crippen molar-refractivity contribution in [3.63, 3.8) is 0 Å². The maximum Gasteiger partial charge on any atom is 0.170 e. The summed E-state index contributed by atoms with van der Waals surface area (Å²) < 4.78 is 0. The molecule has 1 unspecified atom stereocenters. The van der Waals surface area contributed by atoms with Gasteiger partial charge in [-0.05, 0) is 0 Å². The van der Waals surface area contributed by atoms with Gasteiger partial charge in [-0.1, -0.05) is 49.5 Å². The molecular formula is C10H9OS. The molecule has 0 bridgehead atoms. The zero-order chi connectivity index (χ0) is 8.97. The Morgan fingerprint density at radius 3 is 2.50 bits per heavy atom. The second-order valence-electron chi connectivity index (χ2n) is 2.57. The van der Waals surface area contributed by atoms with Gasteiger partial charge in [-0.15, -0.1) is 0 Å². The van der Waals surface area contributed by atoms with Gasteiger partial charge < -0.3 is 0 Å². The predicted molar refractivity (Wildman–Crippen MR) is 52.5 cm³/mol. The highest BCUT2D eigenvalue weighted by Gasteiger charge is 2.11. The quantitative estimate of drug-likeness (QED) is 0.521. The molecule has 1 radical (unpaired) electrons. The summed E-state index contributed by atoms with van der Waals surface area (Å²) in [6.07, 6.45) is 0. The summed E-state index contributed by atoms with van der Waals surface area (Å²) in [6, 6.07) is 9.12. The molecule has 0 heterocycles. The minimum absolute atomic E-state index is 0.0330. The lowest BCUT2D eigenvalue weighted by Gasteiger charge is -2.01. The Bertz CT molecular complexity index is 279. The molecule has 0 N–H and O–H groups in total. The van der Waals surface area contributed by atoms with E-state index < -0.39 is 0 Å². The van der Waals surface area contributed by atoms with Crippen LogP contribution in [0.25, 0.3) is 0 Å². The maximum atomic E-state index is 11.4. The molecule has 0 aromatic heterocycles. The standard InChI is InChI=1S/C10H9OS/c1-8(7-12)10(11)9-5-3-2-4-6-9/h2-6,8H,1H3. The van der Waals surface area contributed by atoms with E-state index in [0.717, 1.165) is 0 Å². The zero-order valence-corrected chi connectivity index (χ0v) is 7.60. The third-order valence-electron chi connectivity index (χ3n) is 1.63. The fourth-order valence-electron chi connectivity index (χ4n) is 0.906. The number of carbonyl (C=O) groups excluding carboxylic acids is 1. The number of ketones is 1. The normalized spacial score (nSPS) is 12.1. The van der Waals surface area contributed by atoms with Crippen molar-refractivity contribution in [1.82, 2.24) is 0 Å². The smallest absolute Gasteiger partial charge is 0.170 e. The highest BCUT2D eigenvalue weighted by Crippen LogP contribution is 2.06. The lowest BCUT2D eigenvalue weighted by molar-refractivity contribution is 0.0964. The van der Waals surface area contributed by atoms with Gasteiger partial charge in [0.25, 0.3) is 0 Å². The van der Waals surface area contributed by atoms with Crippen molar-refractivity contribution < 1.29 is 4.79 Å². The summed E-state index contributed by atoms with van der Waals surface area (Å²) in [5, 5.41) is 2.50. The van der Waals surface area contributed by atoms with Gasteiger partial charge in [0.05, 0.1) is 5.92 Å². The molecule has 0 aliphatic rings. The highest BCUT2D eigenvalue weighted by atomic mass is 32.1. The lowest BCUT2D eigenvalue weighted by Crippen LogP contribution is -2.11. The summed E-state index contributed by atoms with van der Waals surface area (Å²) in [6.45, 7) is 1.75. The largest absolute Gasteiger partial charge is 0.293 e. The molecule has 1 atom stereocenters. The van der Waals surface area contributed by atoms with Crippen molar-refractivity contribution in [2.24, 2.45) is 5.92 Å². The average molecular weight is 177 g/mol. The fourth-order valence-corrected chi connectivity index (χ4v) is 1.01. The number of hydrogen-bond donors (Lipinski definition) is 0. The van der Waals surface area contributed by atoms with E-state index in [1.54, 1.807) is 19.1 Å². The molecule has 2 heteroatoms. The van der Waals surface area contributed by atoms with E-state index in [1.165, 1.54) is 0 Å². The van der Waals surface area contributed by atoms with Crippen LogP contribution in [0, 0.1) is 5.92 Å². The zero-order valence-electron chi connectivity index (χ0n) is 6.78. The van der Waals surface area contributed by atoms with Crippen LogP contribution in [0.4, 0.5) is 0 Å². The average Bonchev–Trinajstić information content (AvgIpc) is 2.17. The molecule has 12 heavy (non-hydrogen) atoms. The number of rotatable bonds is 3. The molecule has 0 fully saturated rings. The third kappa shape index (κ3) is 1.98.